The quantitative estimate of drug-likeness (QED) is 0.572. The molecule has 0 fully saturated rings. The van der Waals surface area contributed by atoms with Crippen LogP contribution in [0, 0.1) is 6.92 Å². The van der Waals surface area contributed by atoms with Crippen LogP contribution < -0.4 is 9.64 Å². The van der Waals surface area contributed by atoms with Crippen molar-refractivity contribution in [2.45, 2.75) is 58.8 Å². The number of ether oxygens (including phenoxy) is 1. The van der Waals surface area contributed by atoms with Gasteiger partial charge >= 0.3 is 0 Å². The molecule has 0 N–H and O–H groups in total. The van der Waals surface area contributed by atoms with Crippen molar-refractivity contribution in [3.63, 3.8) is 0 Å². The molecule has 170 valence electrons. The smallest absolute Gasteiger partial charge is 0.228 e. The number of aryl methyl sites for hydroxylation is 1. The minimum Gasteiger partial charge on any atom is -0.490 e. The van der Waals surface area contributed by atoms with E-state index in [0.717, 1.165) is 47.2 Å². The summed E-state index contributed by atoms with van der Waals surface area (Å²) >= 11 is 0. The van der Waals surface area contributed by atoms with Gasteiger partial charge in [0.05, 0.1) is 13.1 Å². The van der Waals surface area contributed by atoms with E-state index in [-0.39, 0.29) is 12.0 Å². The third-order valence-electron chi connectivity index (χ3n) is 6.39. The van der Waals surface area contributed by atoms with Crippen LogP contribution in [-0.2, 0) is 37.3 Å². The Balaban J connectivity index is 1.35. The van der Waals surface area contributed by atoms with Gasteiger partial charge in [-0.3, -0.25) is 14.6 Å². The van der Waals surface area contributed by atoms with Crippen molar-refractivity contribution >= 4 is 11.7 Å². The van der Waals surface area contributed by atoms with E-state index in [4.69, 9.17) is 14.7 Å². The Hall–Kier alpha value is -3.25. The number of fused-ring (bicyclic) bond motifs is 2. The molecule has 0 spiro atoms. The van der Waals surface area contributed by atoms with Crippen LogP contribution >= 0.6 is 0 Å². The third-order valence-corrected chi connectivity index (χ3v) is 6.39. The lowest BCUT2D eigenvalue weighted by molar-refractivity contribution is -0.119. The maximum atomic E-state index is 12.8. The van der Waals surface area contributed by atoms with E-state index in [1.54, 1.807) is 0 Å². The number of hydrogen-bond donors (Lipinski definition) is 0. The molecule has 1 atom stereocenters. The summed E-state index contributed by atoms with van der Waals surface area (Å²) in [6.07, 6.45) is 2.42. The maximum absolute atomic E-state index is 12.8. The molecule has 0 radical (unpaired) electrons. The number of hydrogen-bond acceptors (Lipinski definition) is 5. The van der Waals surface area contributed by atoms with Crippen molar-refractivity contribution in [3.8, 4) is 5.75 Å². The number of anilines is 1. The summed E-state index contributed by atoms with van der Waals surface area (Å²) in [7, 11) is 2.08. The Morgan fingerprint density at radius 1 is 1.06 bits per heavy atom. The molecule has 0 saturated heterocycles. The van der Waals surface area contributed by atoms with E-state index in [0.29, 0.717) is 25.9 Å². The third kappa shape index (κ3) is 4.62. The molecule has 3 aromatic rings. The zero-order valence-electron chi connectivity index (χ0n) is 19.5. The predicted octanol–water partition coefficient (Wildman–Crippen LogP) is 4.22. The monoisotopic (exact) mass is 442 g/mol. The van der Waals surface area contributed by atoms with Crippen LogP contribution in [0.4, 0.5) is 5.82 Å². The topological polar surface area (TPSA) is 58.6 Å². The number of aromatic nitrogens is 2. The molecule has 1 unspecified atom stereocenters. The van der Waals surface area contributed by atoms with Gasteiger partial charge in [0.1, 0.15) is 23.5 Å². The lowest BCUT2D eigenvalue weighted by Crippen LogP contribution is -2.36. The highest BCUT2D eigenvalue weighted by Gasteiger charge is 2.28. The number of nitrogens with zero attached hydrogens (tertiary/aromatic N) is 4. The highest BCUT2D eigenvalue weighted by molar-refractivity contribution is 5.95. The molecule has 1 amide bonds. The van der Waals surface area contributed by atoms with Crippen LogP contribution in [0.5, 0.6) is 5.75 Å². The van der Waals surface area contributed by atoms with Gasteiger partial charge in [-0.2, -0.15) is 0 Å². The zero-order chi connectivity index (χ0) is 22.9. The van der Waals surface area contributed by atoms with Crippen LogP contribution in [0.1, 0.15) is 47.1 Å². The summed E-state index contributed by atoms with van der Waals surface area (Å²) < 4.78 is 5.82. The van der Waals surface area contributed by atoms with Gasteiger partial charge in [-0.05, 0) is 50.1 Å². The molecule has 0 saturated carbocycles. The normalized spacial score (nSPS) is 17.2. The standard InChI is InChI=1S/C27H30N4O2/c1-18-13-22-14-21(9-11-24(22)33-18)15-30(3)17-25-28-19(2)23-10-12-26(32)31(27(23)29-25)16-20-7-5-4-6-8-20/h4-9,11,14,18H,10,12-13,15-17H2,1-3H3. The second kappa shape index (κ2) is 8.94. The van der Waals surface area contributed by atoms with Gasteiger partial charge in [0.15, 0.2) is 0 Å². The lowest BCUT2D eigenvalue weighted by Gasteiger charge is -2.30. The molecule has 2 aromatic carbocycles. The highest BCUT2D eigenvalue weighted by Crippen LogP contribution is 2.31. The summed E-state index contributed by atoms with van der Waals surface area (Å²) in [4.78, 5) is 26.5. The Bertz CT molecular complexity index is 1180. The van der Waals surface area contributed by atoms with Crippen molar-refractivity contribution in [1.29, 1.82) is 0 Å². The van der Waals surface area contributed by atoms with Gasteiger partial charge in [-0.25, -0.2) is 9.97 Å². The first-order valence-corrected chi connectivity index (χ1v) is 11.6. The number of amides is 1. The Kier molecular flexibility index (Phi) is 5.85. The van der Waals surface area contributed by atoms with Crippen LogP contribution in [0.2, 0.25) is 0 Å². The highest BCUT2D eigenvalue weighted by atomic mass is 16.5. The minimum absolute atomic E-state index is 0.123. The van der Waals surface area contributed by atoms with Crippen LogP contribution in [0.25, 0.3) is 0 Å². The second-order valence-corrected chi connectivity index (χ2v) is 9.24. The average molecular weight is 443 g/mol. The van der Waals surface area contributed by atoms with Crippen molar-refractivity contribution in [2.24, 2.45) is 0 Å². The van der Waals surface area contributed by atoms with Crippen molar-refractivity contribution in [3.05, 3.63) is 82.3 Å². The molecular weight excluding hydrogens is 412 g/mol. The SMILES string of the molecule is Cc1nc(CN(C)Cc2ccc3c(c2)CC(C)O3)nc2c1CCC(=O)N2Cc1ccccc1. The summed E-state index contributed by atoms with van der Waals surface area (Å²) in [6, 6.07) is 16.5. The number of carbonyl (C=O) groups is 1. The fraction of sp³-hybridized carbons (Fsp3) is 0.370. The van der Waals surface area contributed by atoms with Crippen molar-refractivity contribution in [2.75, 3.05) is 11.9 Å². The van der Waals surface area contributed by atoms with Gasteiger partial charge in [0.2, 0.25) is 5.91 Å². The van der Waals surface area contributed by atoms with E-state index in [1.165, 1.54) is 11.1 Å². The predicted molar refractivity (Wildman–Crippen MR) is 128 cm³/mol. The molecule has 3 heterocycles. The van der Waals surface area contributed by atoms with Crippen molar-refractivity contribution in [1.82, 2.24) is 14.9 Å². The first-order valence-electron chi connectivity index (χ1n) is 11.6. The van der Waals surface area contributed by atoms with Gasteiger partial charge in [-0.15, -0.1) is 0 Å². The molecule has 1 aromatic heterocycles. The summed E-state index contributed by atoms with van der Waals surface area (Å²) in [5, 5.41) is 0. The first-order chi connectivity index (χ1) is 16.0. The van der Waals surface area contributed by atoms with E-state index < -0.39 is 0 Å². The number of benzene rings is 2. The van der Waals surface area contributed by atoms with Gasteiger partial charge in [-0.1, -0.05) is 42.5 Å². The maximum Gasteiger partial charge on any atom is 0.228 e. The van der Waals surface area contributed by atoms with Crippen LogP contribution in [0.15, 0.2) is 48.5 Å². The molecular formula is C27H30N4O2. The van der Waals surface area contributed by atoms with Crippen LogP contribution in [-0.4, -0.2) is 33.9 Å². The van der Waals surface area contributed by atoms with Gasteiger partial charge in [0.25, 0.3) is 0 Å². The average Bonchev–Trinajstić information content (AvgIpc) is 3.15. The summed E-state index contributed by atoms with van der Waals surface area (Å²) in [5.74, 6) is 2.65. The van der Waals surface area contributed by atoms with E-state index >= 15 is 0 Å². The molecule has 5 rings (SSSR count). The summed E-state index contributed by atoms with van der Waals surface area (Å²) in [5.41, 5.74) is 5.69. The summed E-state index contributed by atoms with van der Waals surface area (Å²) in [6.45, 7) is 6.09. The molecule has 6 nitrogen and oxygen atoms in total. The molecule has 2 aliphatic rings. The second-order valence-electron chi connectivity index (χ2n) is 9.24. The zero-order valence-corrected chi connectivity index (χ0v) is 19.5. The number of carbonyl (C=O) groups excluding carboxylic acids is 1. The number of rotatable bonds is 6. The first kappa shape index (κ1) is 21.6. The fourth-order valence-corrected chi connectivity index (χ4v) is 4.82. The fourth-order valence-electron chi connectivity index (χ4n) is 4.82. The minimum atomic E-state index is 0.123. The van der Waals surface area contributed by atoms with Crippen molar-refractivity contribution < 1.29 is 9.53 Å². The molecule has 33 heavy (non-hydrogen) atoms. The van der Waals surface area contributed by atoms with Gasteiger partial charge < -0.3 is 4.74 Å². The van der Waals surface area contributed by atoms with E-state index in [9.17, 15) is 4.79 Å². The molecule has 2 aliphatic heterocycles. The Morgan fingerprint density at radius 2 is 1.88 bits per heavy atom. The molecule has 0 bridgehead atoms. The lowest BCUT2D eigenvalue weighted by atomic mass is 10.0. The molecule has 0 aliphatic carbocycles. The Labute approximate surface area is 195 Å². The van der Waals surface area contributed by atoms with Crippen LogP contribution in [0.3, 0.4) is 0 Å². The Morgan fingerprint density at radius 3 is 2.70 bits per heavy atom. The van der Waals surface area contributed by atoms with Gasteiger partial charge in [0, 0.05) is 30.6 Å². The van der Waals surface area contributed by atoms with E-state index in [1.807, 2.05) is 42.2 Å². The van der Waals surface area contributed by atoms with E-state index in [2.05, 4.69) is 37.1 Å². The largest absolute Gasteiger partial charge is 0.490 e. The molecule has 6 heteroatoms.